The maximum absolute atomic E-state index is 12.9. The lowest BCUT2D eigenvalue weighted by molar-refractivity contribution is -0.138. The molecule has 1 unspecified atom stereocenters. The van der Waals surface area contributed by atoms with Crippen molar-refractivity contribution in [2.75, 3.05) is 39.3 Å². The molecule has 0 spiro atoms. The molecule has 2 aliphatic rings. The van der Waals surface area contributed by atoms with Crippen molar-refractivity contribution in [1.82, 2.24) is 19.9 Å². The number of carbonyl (C=O) groups excluding carboxylic acids is 2. The summed E-state index contributed by atoms with van der Waals surface area (Å²) < 4.78 is 5.06. The molecule has 0 saturated carbocycles. The first-order chi connectivity index (χ1) is 13.5. The van der Waals surface area contributed by atoms with Crippen molar-refractivity contribution in [3.63, 3.8) is 0 Å². The predicted octanol–water partition coefficient (Wildman–Crippen LogP) is 2.56. The summed E-state index contributed by atoms with van der Waals surface area (Å²) in [6, 6.07) is 1.76. The van der Waals surface area contributed by atoms with E-state index in [2.05, 4.69) is 10.1 Å². The second kappa shape index (κ2) is 9.54. The van der Waals surface area contributed by atoms with E-state index in [1.165, 1.54) is 25.9 Å². The van der Waals surface area contributed by atoms with E-state index < -0.39 is 0 Å². The van der Waals surface area contributed by atoms with Crippen molar-refractivity contribution in [3.05, 3.63) is 17.5 Å². The SMILES string of the molecule is Cc1cc(C(=O)N2CCCC(N(CCCN3CCCC3)C(=O)C(C)C)C2)no1. The second-order valence-electron chi connectivity index (χ2n) is 8.46. The molecule has 3 rings (SSSR count). The van der Waals surface area contributed by atoms with E-state index in [-0.39, 0.29) is 23.8 Å². The Bertz CT molecular complexity index is 666. The summed E-state index contributed by atoms with van der Waals surface area (Å²) in [6.45, 7) is 11.2. The third-order valence-electron chi connectivity index (χ3n) is 5.82. The smallest absolute Gasteiger partial charge is 0.276 e. The fourth-order valence-corrected chi connectivity index (χ4v) is 4.30. The first kappa shape index (κ1) is 20.8. The monoisotopic (exact) mass is 390 g/mol. The van der Waals surface area contributed by atoms with Gasteiger partial charge in [0.1, 0.15) is 5.76 Å². The third kappa shape index (κ3) is 5.13. The van der Waals surface area contributed by atoms with Gasteiger partial charge in [-0.05, 0) is 58.7 Å². The molecule has 0 radical (unpaired) electrons. The first-order valence-corrected chi connectivity index (χ1v) is 10.7. The van der Waals surface area contributed by atoms with Crippen molar-refractivity contribution < 1.29 is 14.1 Å². The minimum absolute atomic E-state index is 0.0314. The van der Waals surface area contributed by atoms with Crippen molar-refractivity contribution in [1.29, 1.82) is 0 Å². The van der Waals surface area contributed by atoms with Gasteiger partial charge in [0.15, 0.2) is 5.69 Å². The van der Waals surface area contributed by atoms with Crippen LogP contribution in [0.1, 0.15) is 62.2 Å². The van der Waals surface area contributed by atoms with Gasteiger partial charge in [0.05, 0.1) is 0 Å². The first-order valence-electron chi connectivity index (χ1n) is 10.7. The van der Waals surface area contributed by atoms with Crippen molar-refractivity contribution in [2.45, 2.75) is 58.9 Å². The van der Waals surface area contributed by atoms with Crippen LogP contribution in [0.5, 0.6) is 0 Å². The van der Waals surface area contributed by atoms with Crippen molar-refractivity contribution in [3.8, 4) is 0 Å². The van der Waals surface area contributed by atoms with E-state index in [4.69, 9.17) is 4.52 Å². The fraction of sp³-hybridized carbons (Fsp3) is 0.762. The van der Waals surface area contributed by atoms with Crippen LogP contribution in [-0.2, 0) is 4.79 Å². The molecule has 1 aromatic heterocycles. The zero-order valence-electron chi connectivity index (χ0n) is 17.5. The number of carbonyl (C=O) groups is 2. The molecule has 0 aliphatic carbocycles. The maximum Gasteiger partial charge on any atom is 0.276 e. The van der Waals surface area contributed by atoms with Crippen LogP contribution >= 0.6 is 0 Å². The molecule has 0 N–H and O–H groups in total. The standard InChI is InChI=1S/C21H34N4O3/c1-16(2)20(26)25(13-7-11-23-9-4-5-10-23)18-8-6-12-24(15-18)21(27)19-14-17(3)28-22-19/h14,16,18H,4-13,15H2,1-3H3. The van der Waals surface area contributed by atoms with Crippen LogP contribution in [-0.4, -0.2) is 77.0 Å². The second-order valence-corrected chi connectivity index (χ2v) is 8.46. The van der Waals surface area contributed by atoms with E-state index in [9.17, 15) is 9.59 Å². The highest BCUT2D eigenvalue weighted by Gasteiger charge is 2.32. The molecular formula is C21H34N4O3. The molecule has 1 atom stereocenters. The molecule has 0 aromatic carbocycles. The number of aromatic nitrogens is 1. The number of hydrogen-bond acceptors (Lipinski definition) is 5. The van der Waals surface area contributed by atoms with Gasteiger partial charge in [-0.25, -0.2) is 0 Å². The Hall–Kier alpha value is -1.89. The van der Waals surface area contributed by atoms with Gasteiger partial charge >= 0.3 is 0 Å². The summed E-state index contributed by atoms with van der Waals surface area (Å²) in [6.07, 6.45) is 5.42. The Morgan fingerprint density at radius 1 is 1.25 bits per heavy atom. The lowest BCUT2D eigenvalue weighted by Crippen LogP contribution is -2.53. The molecule has 2 aliphatic heterocycles. The Morgan fingerprint density at radius 2 is 2.00 bits per heavy atom. The number of nitrogens with zero attached hydrogens (tertiary/aromatic N) is 4. The van der Waals surface area contributed by atoms with Gasteiger partial charge in [-0.3, -0.25) is 9.59 Å². The third-order valence-corrected chi connectivity index (χ3v) is 5.82. The minimum Gasteiger partial charge on any atom is -0.361 e. The van der Waals surface area contributed by atoms with Gasteiger partial charge in [-0.2, -0.15) is 0 Å². The number of likely N-dealkylation sites (tertiary alicyclic amines) is 2. The molecule has 3 heterocycles. The van der Waals surface area contributed by atoms with E-state index in [1.807, 2.05) is 23.6 Å². The highest BCUT2D eigenvalue weighted by Crippen LogP contribution is 2.21. The number of hydrogen-bond donors (Lipinski definition) is 0. The molecule has 28 heavy (non-hydrogen) atoms. The lowest BCUT2D eigenvalue weighted by Gasteiger charge is -2.40. The molecule has 7 heteroatoms. The van der Waals surface area contributed by atoms with E-state index in [1.54, 1.807) is 13.0 Å². The van der Waals surface area contributed by atoms with Gasteiger partial charge in [-0.1, -0.05) is 19.0 Å². The summed E-state index contributed by atoms with van der Waals surface area (Å²) in [5.74, 6) is 0.694. The number of aryl methyl sites for hydroxylation is 1. The zero-order chi connectivity index (χ0) is 20.1. The Kier molecular flexibility index (Phi) is 7.10. The molecule has 2 amide bonds. The van der Waals surface area contributed by atoms with E-state index in [0.717, 1.165) is 32.4 Å². The van der Waals surface area contributed by atoms with Crippen LogP contribution in [0, 0.1) is 12.8 Å². The average molecular weight is 391 g/mol. The van der Waals surface area contributed by atoms with Gasteiger partial charge in [0.25, 0.3) is 5.91 Å². The summed E-state index contributed by atoms with van der Waals surface area (Å²) in [7, 11) is 0. The van der Waals surface area contributed by atoms with E-state index in [0.29, 0.717) is 24.5 Å². The highest BCUT2D eigenvalue weighted by atomic mass is 16.5. The van der Waals surface area contributed by atoms with Crippen LogP contribution in [0.3, 0.4) is 0 Å². The summed E-state index contributed by atoms with van der Waals surface area (Å²) >= 11 is 0. The largest absolute Gasteiger partial charge is 0.361 e. The van der Waals surface area contributed by atoms with Crippen molar-refractivity contribution in [2.24, 2.45) is 5.92 Å². The molecule has 156 valence electrons. The van der Waals surface area contributed by atoms with Crippen LogP contribution in [0.4, 0.5) is 0 Å². The Morgan fingerprint density at radius 3 is 2.64 bits per heavy atom. The summed E-state index contributed by atoms with van der Waals surface area (Å²) in [5, 5.41) is 3.87. The van der Waals surface area contributed by atoms with Gasteiger partial charge in [-0.15, -0.1) is 0 Å². The van der Waals surface area contributed by atoms with E-state index >= 15 is 0 Å². The van der Waals surface area contributed by atoms with Crippen LogP contribution in [0.25, 0.3) is 0 Å². The molecular weight excluding hydrogens is 356 g/mol. The summed E-state index contributed by atoms with van der Waals surface area (Å²) in [5.41, 5.74) is 0.355. The van der Waals surface area contributed by atoms with Gasteiger partial charge in [0.2, 0.25) is 5.91 Å². The Balaban J connectivity index is 1.62. The average Bonchev–Trinajstić information content (AvgIpc) is 3.36. The predicted molar refractivity (Wildman–Crippen MR) is 107 cm³/mol. The van der Waals surface area contributed by atoms with Gasteiger partial charge in [0, 0.05) is 37.7 Å². The van der Waals surface area contributed by atoms with Gasteiger partial charge < -0.3 is 19.2 Å². The van der Waals surface area contributed by atoms with Crippen LogP contribution < -0.4 is 0 Å². The fourth-order valence-electron chi connectivity index (χ4n) is 4.30. The molecule has 2 saturated heterocycles. The number of amides is 2. The van der Waals surface area contributed by atoms with Crippen LogP contribution in [0.15, 0.2) is 10.6 Å². The number of rotatable bonds is 7. The number of piperidine rings is 1. The topological polar surface area (TPSA) is 69.9 Å². The molecule has 1 aromatic rings. The van der Waals surface area contributed by atoms with Crippen molar-refractivity contribution >= 4 is 11.8 Å². The van der Waals surface area contributed by atoms with Crippen LogP contribution in [0.2, 0.25) is 0 Å². The molecule has 2 fully saturated rings. The lowest BCUT2D eigenvalue weighted by atomic mass is 10.0. The molecule has 7 nitrogen and oxygen atoms in total. The normalized spacial score (nSPS) is 20.7. The Labute approximate surface area is 168 Å². The zero-order valence-corrected chi connectivity index (χ0v) is 17.5. The quantitative estimate of drug-likeness (QED) is 0.716. The molecule has 0 bridgehead atoms. The highest BCUT2D eigenvalue weighted by molar-refractivity contribution is 5.92. The summed E-state index contributed by atoms with van der Waals surface area (Å²) in [4.78, 5) is 32.0. The minimum atomic E-state index is -0.101. The maximum atomic E-state index is 12.9.